The Balaban J connectivity index is 1.18. The van der Waals surface area contributed by atoms with Crippen molar-refractivity contribution < 1.29 is 42.9 Å². The minimum absolute atomic E-state index is 0.113. The summed E-state index contributed by atoms with van der Waals surface area (Å²) in [5.41, 5.74) is 1.35. The Hall–Kier alpha value is -6.07. The van der Waals surface area contributed by atoms with Gasteiger partial charge in [0, 0.05) is 17.0 Å². The molecule has 6 atom stereocenters. The first kappa shape index (κ1) is 36.9. The fourth-order valence-electron chi connectivity index (χ4n) is 9.08. The first-order chi connectivity index (χ1) is 26.9. The number of carbonyl (C=O) groups is 5. The van der Waals surface area contributed by atoms with Crippen LogP contribution in [0, 0.1) is 40.8 Å². The summed E-state index contributed by atoms with van der Waals surface area (Å²) in [4.78, 5) is 73.0. The van der Waals surface area contributed by atoms with Gasteiger partial charge >= 0.3 is 0 Å². The van der Waals surface area contributed by atoms with Crippen molar-refractivity contribution in [2.75, 3.05) is 24.0 Å². The molecule has 10 nitrogen and oxygen atoms in total. The molecular weight excluding hydrogens is 739 g/mol. The van der Waals surface area contributed by atoms with Crippen molar-refractivity contribution in [3.63, 3.8) is 0 Å². The van der Waals surface area contributed by atoms with Crippen LogP contribution in [-0.4, -0.2) is 48.7 Å². The highest BCUT2D eigenvalue weighted by atomic mass is 35.5. The SMILES string of the molecule is COc1cc(C=C[C@H]2C3=CC[C@@H]4C(=O)N(c5ccc(C(=O)c6ccccc6)cc5)C(=O)[C@@H]4[C@@H]3C[C@H]3C(=O)N(c4ccc(F)c(Cl)c4)C(=O)[C@@]23C)cc(OC)c1O. The number of benzene rings is 4. The number of ether oxygens (including phenoxy) is 2. The molecule has 0 bridgehead atoms. The number of methoxy groups -OCH3 is 2. The predicted molar refractivity (Wildman–Crippen MR) is 206 cm³/mol. The molecule has 12 heteroatoms. The van der Waals surface area contributed by atoms with Crippen molar-refractivity contribution >= 4 is 58.5 Å². The van der Waals surface area contributed by atoms with Gasteiger partial charge in [0.05, 0.1) is 53.8 Å². The summed E-state index contributed by atoms with van der Waals surface area (Å²) >= 11 is 6.11. The minimum atomic E-state index is -1.35. The zero-order valence-electron chi connectivity index (χ0n) is 30.6. The Labute approximate surface area is 326 Å². The number of aromatic hydroxyl groups is 1. The summed E-state index contributed by atoms with van der Waals surface area (Å²) in [6.45, 7) is 1.73. The maximum absolute atomic E-state index is 14.6. The number of hydrogen-bond donors (Lipinski definition) is 1. The van der Waals surface area contributed by atoms with Crippen LogP contribution in [0.2, 0.25) is 5.02 Å². The molecule has 56 heavy (non-hydrogen) atoms. The number of allylic oxidation sites excluding steroid dienone is 3. The molecule has 4 amide bonds. The summed E-state index contributed by atoms with van der Waals surface area (Å²) < 4.78 is 24.9. The maximum atomic E-state index is 14.6. The summed E-state index contributed by atoms with van der Waals surface area (Å²) in [5.74, 6) is -6.33. The topological polar surface area (TPSA) is 131 Å². The second-order valence-corrected chi connectivity index (χ2v) is 15.1. The van der Waals surface area contributed by atoms with Crippen LogP contribution >= 0.6 is 11.6 Å². The molecule has 4 aliphatic rings. The maximum Gasteiger partial charge on any atom is 0.241 e. The average molecular weight is 775 g/mol. The van der Waals surface area contributed by atoms with E-state index in [1.165, 1.54) is 31.3 Å². The first-order valence-corrected chi connectivity index (χ1v) is 18.5. The molecule has 4 aromatic carbocycles. The van der Waals surface area contributed by atoms with Crippen molar-refractivity contribution in [1.82, 2.24) is 0 Å². The van der Waals surface area contributed by atoms with Gasteiger partial charge in [-0.1, -0.05) is 65.7 Å². The molecule has 1 saturated carbocycles. The predicted octanol–water partition coefficient (Wildman–Crippen LogP) is 7.41. The number of anilines is 2. The van der Waals surface area contributed by atoms with E-state index in [1.54, 1.807) is 73.7 Å². The number of phenols is 1. The second-order valence-electron chi connectivity index (χ2n) is 14.7. The fraction of sp³-hybridized carbons (Fsp3) is 0.250. The molecule has 2 aliphatic heterocycles. The van der Waals surface area contributed by atoms with Gasteiger partial charge in [0.2, 0.25) is 29.4 Å². The third-order valence-corrected chi connectivity index (χ3v) is 12.2. The number of imide groups is 2. The lowest BCUT2D eigenvalue weighted by Crippen LogP contribution is -2.49. The third-order valence-electron chi connectivity index (χ3n) is 11.9. The molecule has 2 saturated heterocycles. The molecule has 2 heterocycles. The van der Waals surface area contributed by atoms with Crippen LogP contribution < -0.4 is 19.3 Å². The van der Waals surface area contributed by atoms with Gasteiger partial charge in [0.25, 0.3) is 0 Å². The Morgan fingerprint density at radius 2 is 1.48 bits per heavy atom. The van der Waals surface area contributed by atoms with Crippen molar-refractivity contribution in [1.29, 1.82) is 0 Å². The van der Waals surface area contributed by atoms with Crippen LogP contribution in [0.4, 0.5) is 15.8 Å². The van der Waals surface area contributed by atoms with E-state index in [4.69, 9.17) is 21.1 Å². The number of fused-ring (bicyclic) bond motifs is 4. The lowest BCUT2D eigenvalue weighted by Gasteiger charge is -2.47. The van der Waals surface area contributed by atoms with Gasteiger partial charge in [-0.3, -0.25) is 28.9 Å². The van der Waals surface area contributed by atoms with Crippen LogP contribution in [0.15, 0.2) is 103 Å². The Morgan fingerprint density at radius 1 is 0.839 bits per heavy atom. The van der Waals surface area contributed by atoms with Gasteiger partial charge in [-0.2, -0.15) is 0 Å². The van der Waals surface area contributed by atoms with E-state index in [2.05, 4.69) is 0 Å². The highest BCUT2D eigenvalue weighted by molar-refractivity contribution is 6.32. The highest BCUT2D eigenvalue weighted by Crippen LogP contribution is 2.61. The molecule has 0 radical (unpaired) electrons. The van der Waals surface area contributed by atoms with Crippen LogP contribution in [0.25, 0.3) is 6.08 Å². The van der Waals surface area contributed by atoms with Crippen molar-refractivity contribution in [3.05, 3.63) is 130 Å². The first-order valence-electron chi connectivity index (χ1n) is 18.1. The number of carbonyl (C=O) groups excluding carboxylic acids is 5. The van der Waals surface area contributed by atoms with E-state index in [9.17, 15) is 33.5 Å². The van der Waals surface area contributed by atoms with Gasteiger partial charge in [-0.05, 0) is 85.8 Å². The van der Waals surface area contributed by atoms with Gasteiger partial charge in [-0.15, -0.1) is 0 Å². The summed E-state index contributed by atoms with van der Waals surface area (Å²) in [6, 6.07) is 22.0. The molecule has 1 N–H and O–H groups in total. The van der Waals surface area contributed by atoms with Crippen molar-refractivity contribution in [3.8, 4) is 17.2 Å². The lowest BCUT2D eigenvalue weighted by molar-refractivity contribution is -0.132. The van der Waals surface area contributed by atoms with Gasteiger partial charge in [0.1, 0.15) is 5.82 Å². The summed E-state index contributed by atoms with van der Waals surface area (Å²) in [6.07, 6.45) is 5.82. The standard InChI is InChI=1S/C44H36ClFN2O8/c1-44-31(17-9-23-19-35(55-2)39(50)36(20-23)56-3)28-15-16-29-37(30(28)22-32(44)41(52)48(43(44)54)27-14-18-34(46)33(45)21-27)42(53)47(40(29)51)26-12-10-25(11-13-26)38(49)24-7-5-4-6-8-24/h4-15,17-21,29-32,37,50H,16,22H2,1-3H3/t29-,30+,31-,32-,37-,44-/m0/s1. The molecular formula is C44H36ClFN2O8. The Morgan fingerprint density at radius 3 is 2.12 bits per heavy atom. The van der Waals surface area contributed by atoms with Gasteiger partial charge in [0.15, 0.2) is 17.3 Å². The van der Waals surface area contributed by atoms with E-state index in [0.717, 1.165) is 16.5 Å². The number of rotatable bonds is 8. The fourth-order valence-corrected chi connectivity index (χ4v) is 9.25. The molecule has 0 spiro atoms. The van der Waals surface area contributed by atoms with Gasteiger partial charge in [-0.25, -0.2) is 9.29 Å². The zero-order chi connectivity index (χ0) is 39.6. The third kappa shape index (κ3) is 5.63. The van der Waals surface area contributed by atoms with E-state index in [1.807, 2.05) is 18.2 Å². The number of amides is 4. The molecule has 3 fully saturated rings. The van der Waals surface area contributed by atoms with Crippen molar-refractivity contribution in [2.45, 2.75) is 19.8 Å². The van der Waals surface area contributed by atoms with Crippen LogP contribution in [0.1, 0.15) is 41.3 Å². The van der Waals surface area contributed by atoms with E-state index >= 15 is 0 Å². The second kappa shape index (κ2) is 13.9. The van der Waals surface area contributed by atoms with Gasteiger partial charge < -0.3 is 14.6 Å². The number of nitrogens with zero attached hydrogens (tertiary/aromatic N) is 2. The zero-order valence-corrected chi connectivity index (χ0v) is 31.3. The molecule has 8 rings (SSSR count). The van der Waals surface area contributed by atoms with E-state index in [-0.39, 0.29) is 52.5 Å². The normalized spacial score (nSPS) is 25.6. The minimum Gasteiger partial charge on any atom is -0.502 e. The summed E-state index contributed by atoms with van der Waals surface area (Å²) in [7, 11) is 2.81. The molecule has 4 aromatic rings. The Bertz CT molecular complexity index is 2370. The Kier molecular flexibility index (Phi) is 9.15. The molecule has 284 valence electrons. The van der Waals surface area contributed by atoms with E-state index < -0.39 is 58.5 Å². The van der Waals surface area contributed by atoms with Crippen LogP contribution in [0.3, 0.4) is 0 Å². The van der Waals surface area contributed by atoms with Crippen LogP contribution in [-0.2, 0) is 19.2 Å². The number of ketones is 1. The largest absolute Gasteiger partial charge is 0.502 e. The smallest absolute Gasteiger partial charge is 0.241 e. The number of hydrogen-bond acceptors (Lipinski definition) is 8. The average Bonchev–Trinajstić information content (AvgIpc) is 3.58. The summed E-state index contributed by atoms with van der Waals surface area (Å²) in [5, 5.41) is 10.3. The lowest BCUT2D eigenvalue weighted by atomic mass is 9.52. The monoisotopic (exact) mass is 774 g/mol. The molecule has 0 unspecified atom stereocenters. The van der Waals surface area contributed by atoms with Crippen molar-refractivity contribution in [2.24, 2.45) is 35.0 Å². The number of phenolic OH excluding ortho intramolecular Hbond substituents is 1. The molecule has 0 aromatic heterocycles. The quantitative estimate of drug-likeness (QED) is 0.111. The van der Waals surface area contributed by atoms with E-state index in [0.29, 0.717) is 22.4 Å². The molecule has 2 aliphatic carbocycles. The number of halogens is 2. The highest BCUT2D eigenvalue weighted by Gasteiger charge is 2.67. The van der Waals surface area contributed by atoms with Crippen LogP contribution in [0.5, 0.6) is 17.2 Å².